The van der Waals surface area contributed by atoms with Gasteiger partial charge in [-0.2, -0.15) is 13.2 Å². The van der Waals surface area contributed by atoms with Gasteiger partial charge in [0.05, 0.1) is 11.3 Å². The Bertz CT molecular complexity index is 1390. The summed E-state index contributed by atoms with van der Waals surface area (Å²) in [5.74, 6) is -4.29. The van der Waals surface area contributed by atoms with Gasteiger partial charge in [-0.25, -0.2) is 14.2 Å². The van der Waals surface area contributed by atoms with Crippen LogP contribution >= 0.6 is 0 Å². The second-order valence-corrected chi connectivity index (χ2v) is 11.6. The molecule has 234 valence electrons. The van der Waals surface area contributed by atoms with Crippen LogP contribution in [-0.4, -0.2) is 64.5 Å². The Morgan fingerprint density at radius 3 is 2.30 bits per heavy atom. The number of ether oxygens (including phenoxy) is 1. The van der Waals surface area contributed by atoms with Crippen LogP contribution in [0.15, 0.2) is 36.5 Å². The number of fused-ring (bicyclic) bond motifs is 1. The number of carbonyl (C=O) groups excluding carboxylic acids is 4. The number of benzene rings is 1. The smallest absolute Gasteiger partial charge is 0.418 e. The van der Waals surface area contributed by atoms with Crippen LogP contribution in [0.4, 0.5) is 33.9 Å². The minimum absolute atomic E-state index is 0.0797. The van der Waals surface area contributed by atoms with E-state index in [-0.39, 0.29) is 12.2 Å². The summed E-state index contributed by atoms with van der Waals surface area (Å²) in [5.41, 5.74) is -2.81. The van der Waals surface area contributed by atoms with Gasteiger partial charge in [0.25, 0.3) is 5.91 Å². The van der Waals surface area contributed by atoms with E-state index in [9.17, 15) is 36.7 Å². The zero-order chi connectivity index (χ0) is 32.4. The molecule has 4 amide bonds. The van der Waals surface area contributed by atoms with E-state index in [1.54, 1.807) is 46.8 Å². The zero-order valence-electron chi connectivity index (χ0n) is 24.9. The second-order valence-electron chi connectivity index (χ2n) is 11.6. The first-order valence-electron chi connectivity index (χ1n) is 13.5. The van der Waals surface area contributed by atoms with Gasteiger partial charge < -0.3 is 15.4 Å². The number of alkyl halides is 3. The predicted octanol–water partition coefficient (Wildman–Crippen LogP) is 4.53. The van der Waals surface area contributed by atoms with E-state index < -0.39 is 76.7 Å². The molecule has 1 aliphatic heterocycles. The topological polar surface area (TPSA) is 121 Å². The molecule has 14 heteroatoms. The van der Waals surface area contributed by atoms with Crippen LogP contribution in [0.25, 0.3) is 0 Å². The van der Waals surface area contributed by atoms with Crippen molar-refractivity contribution in [1.29, 1.82) is 0 Å². The first-order valence-corrected chi connectivity index (χ1v) is 13.5. The third kappa shape index (κ3) is 7.59. The molecule has 0 saturated heterocycles. The van der Waals surface area contributed by atoms with Gasteiger partial charge in [-0.3, -0.25) is 24.2 Å². The number of para-hydroxylation sites is 1. The number of rotatable bonds is 7. The second kappa shape index (κ2) is 12.6. The first kappa shape index (κ1) is 33.3. The molecule has 1 aromatic carbocycles. The molecule has 2 aromatic rings. The minimum Gasteiger partial charge on any atom is -0.444 e. The fourth-order valence-corrected chi connectivity index (χ4v) is 4.42. The molecule has 3 rings (SSSR count). The Kier molecular flexibility index (Phi) is 9.72. The number of hydrogen-bond donors (Lipinski definition) is 2. The van der Waals surface area contributed by atoms with E-state index in [1.807, 2.05) is 5.32 Å². The van der Waals surface area contributed by atoms with Crippen LogP contribution in [0.1, 0.15) is 52.7 Å². The van der Waals surface area contributed by atoms with Crippen LogP contribution in [0.3, 0.4) is 0 Å². The molecule has 2 heterocycles. The number of nitrogens with zero attached hydrogens (tertiary/aromatic N) is 3. The number of nitrogens with one attached hydrogen (secondary N) is 2. The molecule has 43 heavy (non-hydrogen) atoms. The van der Waals surface area contributed by atoms with Crippen molar-refractivity contribution in [2.24, 2.45) is 5.92 Å². The Labute approximate surface area is 246 Å². The van der Waals surface area contributed by atoms with Crippen LogP contribution in [0.2, 0.25) is 0 Å². The molecule has 0 spiro atoms. The Balaban J connectivity index is 1.91. The fraction of sp³-hybridized carbons (Fsp3) is 0.483. The Morgan fingerprint density at radius 1 is 1.07 bits per heavy atom. The highest BCUT2D eigenvalue weighted by atomic mass is 19.4. The summed E-state index contributed by atoms with van der Waals surface area (Å²) in [4.78, 5) is 59.4. The number of likely N-dealkylation sites (N-methyl/N-ethyl adjacent to an activating group) is 1. The molecule has 2 N–H and O–H groups in total. The molecule has 0 saturated carbocycles. The van der Waals surface area contributed by atoms with E-state index in [0.29, 0.717) is 11.6 Å². The average Bonchev–Trinajstić information content (AvgIpc) is 3.29. The lowest BCUT2D eigenvalue weighted by Crippen LogP contribution is -2.58. The number of hydrogen-bond acceptors (Lipinski definition) is 6. The molecule has 10 nitrogen and oxygen atoms in total. The maximum Gasteiger partial charge on any atom is 0.418 e. The number of anilines is 2. The quantitative estimate of drug-likeness (QED) is 0.445. The van der Waals surface area contributed by atoms with Crippen molar-refractivity contribution in [2.45, 2.75) is 77.9 Å². The lowest BCUT2D eigenvalue weighted by molar-refractivity contribution is -0.137. The van der Waals surface area contributed by atoms with E-state index >= 15 is 0 Å². The van der Waals surface area contributed by atoms with Crippen molar-refractivity contribution in [3.8, 4) is 0 Å². The van der Waals surface area contributed by atoms with Gasteiger partial charge in [-0.05, 0) is 57.4 Å². The number of halogens is 4. The highest BCUT2D eigenvalue weighted by molar-refractivity contribution is 6.09. The van der Waals surface area contributed by atoms with Crippen molar-refractivity contribution in [2.75, 3.05) is 17.3 Å². The fourth-order valence-electron chi connectivity index (χ4n) is 4.42. The van der Waals surface area contributed by atoms with Gasteiger partial charge in [0.2, 0.25) is 11.8 Å². The molecule has 3 atom stereocenters. The molecule has 0 fully saturated rings. The van der Waals surface area contributed by atoms with Crippen molar-refractivity contribution in [3.05, 3.63) is 53.5 Å². The number of pyridine rings is 1. The van der Waals surface area contributed by atoms with Gasteiger partial charge in [-0.1, -0.05) is 26.0 Å². The van der Waals surface area contributed by atoms with Crippen LogP contribution in [0.5, 0.6) is 0 Å². The van der Waals surface area contributed by atoms with Gasteiger partial charge in [0, 0.05) is 19.7 Å². The van der Waals surface area contributed by atoms with Crippen molar-refractivity contribution < 1.29 is 41.5 Å². The van der Waals surface area contributed by atoms with Gasteiger partial charge in [0.1, 0.15) is 35.4 Å². The van der Waals surface area contributed by atoms with Crippen LogP contribution < -0.4 is 15.5 Å². The summed E-state index contributed by atoms with van der Waals surface area (Å²) in [6.45, 7) is 9.73. The lowest BCUT2D eigenvalue weighted by atomic mass is 10.0. The summed E-state index contributed by atoms with van der Waals surface area (Å²) >= 11 is 0. The Morgan fingerprint density at radius 2 is 1.72 bits per heavy atom. The highest BCUT2D eigenvalue weighted by Crippen LogP contribution is 2.37. The average molecular weight is 610 g/mol. The monoisotopic (exact) mass is 609 g/mol. The molecular weight excluding hydrogens is 574 g/mol. The maximum absolute atomic E-state index is 14.5. The largest absolute Gasteiger partial charge is 0.444 e. The van der Waals surface area contributed by atoms with E-state index in [4.69, 9.17) is 4.74 Å². The standard InChI is InChI=1S/C29H35F4N5O5/c1-15(2)21(35-24(39)16(3)37(7)27(42)43-28(4,5)6)26(41)38-20(14-17-10-9-13-34-23(17)38)25(40)36-22-18(29(31,32)33)11-8-12-19(22)30/h8-13,15-16,20-21H,14H2,1-7H3,(H,35,39)(H,36,40)/t16-,20-,21-/m0/s1. The maximum atomic E-state index is 14.5. The van der Waals surface area contributed by atoms with Gasteiger partial charge in [-0.15, -0.1) is 0 Å². The minimum atomic E-state index is -4.96. The van der Waals surface area contributed by atoms with Crippen LogP contribution in [-0.2, 0) is 31.7 Å². The summed E-state index contributed by atoms with van der Waals surface area (Å²) in [7, 11) is 1.36. The summed E-state index contributed by atoms with van der Waals surface area (Å²) in [6.07, 6.45) is -4.47. The molecule has 0 bridgehead atoms. The third-order valence-corrected chi connectivity index (χ3v) is 6.80. The molecular formula is C29H35F4N5O5. The third-order valence-electron chi connectivity index (χ3n) is 6.80. The highest BCUT2D eigenvalue weighted by Gasteiger charge is 2.44. The summed E-state index contributed by atoms with van der Waals surface area (Å²) < 4.78 is 60.6. The van der Waals surface area contributed by atoms with E-state index in [2.05, 4.69) is 10.3 Å². The first-order chi connectivity index (χ1) is 19.8. The zero-order valence-corrected chi connectivity index (χ0v) is 24.9. The van der Waals surface area contributed by atoms with Gasteiger partial charge >= 0.3 is 12.3 Å². The van der Waals surface area contributed by atoms with Crippen molar-refractivity contribution in [3.63, 3.8) is 0 Å². The SMILES string of the molecule is CC(C)[C@H](NC(=O)[C@H](C)N(C)C(=O)OC(C)(C)C)C(=O)N1c2ncccc2C[C@H]1C(=O)Nc1c(F)cccc1C(F)(F)F. The van der Waals surface area contributed by atoms with Gasteiger partial charge in [0.15, 0.2) is 0 Å². The lowest BCUT2D eigenvalue weighted by Gasteiger charge is -2.32. The number of aromatic nitrogens is 1. The predicted molar refractivity (Wildman–Crippen MR) is 149 cm³/mol. The molecule has 1 aromatic heterocycles. The Hall–Kier alpha value is -4.23. The number of amides is 4. The number of carbonyl (C=O) groups is 4. The summed E-state index contributed by atoms with van der Waals surface area (Å²) in [6, 6.07) is 1.74. The molecule has 0 unspecified atom stereocenters. The van der Waals surface area contributed by atoms with E-state index in [0.717, 1.165) is 21.9 Å². The molecule has 0 radical (unpaired) electrons. The molecule has 1 aliphatic rings. The van der Waals surface area contributed by atoms with Crippen molar-refractivity contribution in [1.82, 2.24) is 15.2 Å². The van der Waals surface area contributed by atoms with Crippen LogP contribution in [0, 0.1) is 11.7 Å². The normalized spacial score (nSPS) is 16.3. The molecule has 0 aliphatic carbocycles. The van der Waals surface area contributed by atoms with E-state index in [1.165, 1.54) is 20.2 Å². The van der Waals surface area contributed by atoms with Crippen molar-refractivity contribution >= 4 is 35.3 Å². The summed E-state index contributed by atoms with van der Waals surface area (Å²) in [5, 5.41) is 4.64.